The molecule has 1 aliphatic heterocycles. The summed E-state index contributed by atoms with van der Waals surface area (Å²) in [7, 11) is 1.86. The van der Waals surface area contributed by atoms with E-state index in [4.69, 9.17) is 5.26 Å². The molecule has 4 heteroatoms. The number of carbonyl (C=O) groups excluding carboxylic acids is 1. The number of ketones is 1. The number of aromatic nitrogens is 2. The Balaban J connectivity index is 2.03. The molecule has 0 aliphatic carbocycles. The molecule has 2 aromatic rings. The fourth-order valence-corrected chi connectivity index (χ4v) is 2.60. The van der Waals surface area contributed by atoms with Crippen molar-refractivity contribution >= 4 is 5.78 Å². The van der Waals surface area contributed by atoms with Crippen LogP contribution in [0.25, 0.3) is 0 Å². The molecule has 2 aromatic heterocycles. The Hall–Kier alpha value is -2.28. The zero-order chi connectivity index (χ0) is 12.7. The molecule has 0 N–H and O–H groups in total. The molecule has 0 saturated heterocycles. The highest BCUT2D eigenvalue weighted by atomic mass is 16.1. The number of nitrogens with zero attached hydrogens (tertiary/aromatic N) is 3. The summed E-state index contributed by atoms with van der Waals surface area (Å²) in [5, 5.41) is 9.04. The van der Waals surface area contributed by atoms with E-state index in [-0.39, 0.29) is 11.7 Å². The molecule has 1 unspecified atom stereocenters. The van der Waals surface area contributed by atoms with Crippen LogP contribution < -0.4 is 0 Å². The van der Waals surface area contributed by atoms with Crippen molar-refractivity contribution in [3.05, 3.63) is 47.5 Å². The van der Waals surface area contributed by atoms with Crippen LogP contribution in [0.1, 0.15) is 34.2 Å². The lowest BCUT2D eigenvalue weighted by Crippen LogP contribution is -2.12. The van der Waals surface area contributed by atoms with E-state index < -0.39 is 0 Å². The van der Waals surface area contributed by atoms with Crippen LogP contribution in [-0.4, -0.2) is 14.9 Å². The van der Waals surface area contributed by atoms with Gasteiger partial charge in [-0.25, -0.2) is 0 Å². The molecule has 0 amide bonds. The van der Waals surface area contributed by atoms with Crippen LogP contribution in [-0.2, 0) is 13.6 Å². The number of carbonyl (C=O) groups is 1. The molecular weight excluding hydrogens is 226 g/mol. The third-order valence-corrected chi connectivity index (χ3v) is 3.58. The Bertz CT molecular complexity index is 657. The molecule has 0 spiro atoms. The maximum atomic E-state index is 12.4. The summed E-state index contributed by atoms with van der Waals surface area (Å²) < 4.78 is 3.79. The predicted octanol–water partition coefficient (Wildman–Crippen LogP) is 2.07. The molecule has 90 valence electrons. The van der Waals surface area contributed by atoms with Gasteiger partial charge in [0.2, 0.25) is 5.78 Å². The monoisotopic (exact) mass is 239 g/mol. The van der Waals surface area contributed by atoms with E-state index in [1.807, 2.05) is 46.6 Å². The second-order valence-corrected chi connectivity index (χ2v) is 4.60. The highest BCUT2D eigenvalue weighted by molar-refractivity contribution is 6.07. The summed E-state index contributed by atoms with van der Waals surface area (Å²) in [5.74, 6) is -0.0488. The van der Waals surface area contributed by atoms with Crippen LogP contribution >= 0.6 is 0 Å². The standard InChI is InChI=1S/C14H13N3O/c1-16-7-2-3-12(16)14(18)13-5-4-11-10(9-15)6-8-17(11)13/h2-5,7,10H,6,8H2,1H3. The van der Waals surface area contributed by atoms with Gasteiger partial charge >= 0.3 is 0 Å². The maximum Gasteiger partial charge on any atom is 0.225 e. The minimum Gasteiger partial charge on any atom is -0.348 e. The lowest BCUT2D eigenvalue weighted by atomic mass is 10.1. The van der Waals surface area contributed by atoms with E-state index in [1.54, 1.807) is 0 Å². The van der Waals surface area contributed by atoms with Crippen LogP contribution in [0, 0.1) is 11.3 Å². The van der Waals surface area contributed by atoms with Gasteiger partial charge in [-0.1, -0.05) is 0 Å². The van der Waals surface area contributed by atoms with Crippen LogP contribution in [0.3, 0.4) is 0 Å². The highest BCUT2D eigenvalue weighted by Gasteiger charge is 2.27. The van der Waals surface area contributed by atoms with Crippen molar-refractivity contribution in [2.75, 3.05) is 0 Å². The fraction of sp³-hybridized carbons (Fsp3) is 0.286. The molecule has 0 fully saturated rings. The first kappa shape index (κ1) is 10.8. The molecule has 3 heterocycles. The number of rotatable bonds is 2. The largest absolute Gasteiger partial charge is 0.348 e. The molecule has 1 aliphatic rings. The lowest BCUT2D eigenvalue weighted by molar-refractivity contribution is 0.102. The fourth-order valence-electron chi connectivity index (χ4n) is 2.60. The van der Waals surface area contributed by atoms with Crippen LogP contribution in [0.2, 0.25) is 0 Å². The molecule has 0 saturated carbocycles. The molecule has 18 heavy (non-hydrogen) atoms. The van der Waals surface area contributed by atoms with Gasteiger partial charge in [0.05, 0.1) is 23.4 Å². The second kappa shape index (κ2) is 3.88. The summed E-state index contributed by atoms with van der Waals surface area (Å²) in [6.45, 7) is 0.756. The topological polar surface area (TPSA) is 50.7 Å². The second-order valence-electron chi connectivity index (χ2n) is 4.60. The Kier molecular flexibility index (Phi) is 2.34. The van der Waals surface area contributed by atoms with Gasteiger partial charge in [0, 0.05) is 25.5 Å². The Labute approximate surface area is 105 Å². The highest BCUT2D eigenvalue weighted by Crippen LogP contribution is 2.30. The maximum absolute atomic E-state index is 12.4. The zero-order valence-corrected chi connectivity index (χ0v) is 10.1. The molecule has 1 atom stereocenters. The quantitative estimate of drug-likeness (QED) is 0.753. The number of hydrogen-bond acceptors (Lipinski definition) is 2. The van der Waals surface area contributed by atoms with Crippen molar-refractivity contribution in [2.24, 2.45) is 7.05 Å². The van der Waals surface area contributed by atoms with E-state index in [1.165, 1.54) is 0 Å². The first-order valence-corrected chi connectivity index (χ1v) is 5.97. The van der Waals surface area contributed by atoms with Gasteiger partial charge in [0.15, 0.2) is 0 Å². The van der Waals surface area contributed by atoms with Crippen molar-refractivity contribution < 1.29 is 4.79 Å². The van der Waals surface area contributed by atoms with Crippen molar-refractivity contribution in [3.63, 3.8) is 0 Å². The molecule has 0 bridgehead atoms. The van der Waals surface area contributed by atoms with Crippen molar-refractivity contribution in [3.8, 4) is 6.07 Å². The van der Waals surface area contributed by atoms with Crippen molar-refractivity contribution in [1.82, 2.24) is 9.13 Å². The van der Waals surface area contributed by atoms with Crippen LogP contribution in [0.15, 0.2) is 30.5 Å². The summed E-state index contributed by atoms with van der Waals surface area (Å²) >= 11 is 0. The first-order valence-electron chi connectivity index (χ1n) is 5.97. The molecule has 0 radical (unpaired) electrons. The smallest absolute Gasteiger partial charge is 0.225 e. The normalized spacial score (nSPS) is 17.4. The van der Waals surface area contributed by atoms with Crippen molar-refractivity contribution in [1.29, 1.82) is 5.26 Å². The van der Waals surface area contributed by atoms with Crippen LogP contribution in [0.4, 0.5) is 0 Å². The Morgan fingerprint density at radius 3 is 2.89 bits per heavy atom. The number of fused-ring (bicyclic) bond motifs is 1. The van der Waals surface area contributed by atoms with Gasteiger partial charge in [-0.05, 0) is 30.7 Å². The summed E-state index contributed by atoms with van der Waals surface area (Å²) in [6.07, 6.45) is 2.67. The first-order chi connectivity index (χ1) is 8.72. The third kappa shape index (κ3) is 1.41. The van der Waals surface area contributed by atoms with E-state index in [0.29, 0.717) is 11.4 Å². The Morgan fingerprint density at radius 2 is 2.22 bits per heavy atom. The Morgan fingerprint density at radius 1 is 1.39 bits per heavy atom. The molecule has 0 aromatic carbocycles. The average Bonchev–Trinajstić information content (AvgIpc) is 3.02. The van der Waals surface area contributed by atoms with Gasteiger partial charge in [-0.2, -0.15) is 5.26 Å². The van der Waals surface area contributed by atoms with Gasteiger partial charge in [0.25, 0.3) is 0 Å². The third-order valence-electron chi connectivity index (χ3n) is 3.58. The van der Waals surface area contributed by atoms with E-state index >= 15 is 0 Å². The lowest BCUT2D eigenvalue weighted by Gasteiger charge is -2.06. The number of nitriles is 1. The SMILES string of the molecule is Cn1cccc1C(=O)c1ccc2n1CCC2C#N. The predicted molar refractivity (Wildman–Crippen MR) is 66.2 cm³/mol. The number of aryl methyl sites for hydroxylation is 1. The summed E-state index contributed by atoms with van der Waals surface area (Å²) in [4.78, 5) is 12.4. The number of hydrogen-bond donors (Lipinski definition) is 0. The van der Waals surface area contributed by atoms with Gasteiger partial charge in [0.1, 0.15) is 0 Å². The molecule has 4 nitrogen and oxygen atoms in total. The van der Waals surface area contributed by atoms with E-state index in [0.717, 1.165) is 18.7 Å². The summed E-state index contributed by atoms with van der Waals surface area (Å²) in [6, 6.07) is 9.69. The van der Waals surface area contributed by atoms with Crippen molar-refractivity contribution in [2.45, 2.75) is 18.9 Å². The van der Waals surface area contributed by atoms with E-state index in [9.17, 15) is 4.79 Å². The minimum atomic E-state index is -0.0695. The molecule has 3 rings (SSSR count). The average molecular weight is 239 g/mol. The van der Waals surface area contributed by atoms with Gasteiger partial charge < -0.3 is 9.13 Å². The van der Waals surface area contributed by atoms with Crippen LogP contribution in [0.5, 0.6) is 0 Å². The van der Waals surface area contributed by atoms with Gasteiger partial charge in [-0.15, -0.1) is 0 Å². The summed E-state index contributed by atoms with van der Waals surface area (Å²) in [5.41, 5.74) is 2.33. The van der Waals surface area contributed by atoms with E-state index in [2.05, 4.69) is 6.07 Å². The zero-order valence-electron chi connectivity index (χ0n) is 10.1. The van der Waals surface area contributed by atoms with Gasteiger partial charge in [-0.3, -0.25) is 4.79 Å². The minimum absolute atomic E-state index is 0.0207. The molecular formula is C14H13N3O.